The summed E-state index contributed by atoms with van der Waals surface area (Å²) in [5.74, 6) is 0.780. The minimum absolute atomic E-state index is 0.0462. The highest BCUT2D eigenvalue weighted by Crippen LogP contribution is 2.22. The second-order valence-corrected chi connectivity index (χ2v) is 7.82. The van der Waals surface area contributed by atoms with E-state index in [1.807, 2.05) is 27.7 Å². The highest BCUT2D eigenvalue weighted by atomic mass is 32.1. The number of rotatable bonds is 4. The van der Waals surface area contributed by atoms with E-state index in [9.17, 15) is 4.79 Å². The van der Waals surface area contributed by atoms with Crippen LogP contribution in [0, 0.1) is 0 Å². The number of aliphatic imine (C=N–C) groups is 1. The summed E-state index contributed by atoms with van der Waals surface area (Å²) < 4.78 is 0. The summed E-state index contributed by atoms with van der Waals surface area (Å²) in [4.78, 5) is 21.1. The maximum atomic E-state index is 12.0. The SMILES string of the molecule is CCNC(=NCC(=O)NC(C)(C)C)N1CCN(c2cccs2)CC1. The molecular formula is C17H29N5OS. The first-order valence-corrected chi connectivity index (χ1v) is 9.40. The Morgan fingerprint density at radius 3 is 2.54 bits per heavy atom. The topological polar surface area (TPSA) is 60.0 Å². The van der Waals surface area contributed by atoms with Gasteiger partial charge < -0.3 is 20.4 Å². The lowest BCUT2D eigenvalue weighted by molar-refractivity contribution is -0.121. The van der Waals surface area contributed by atoms with Gasteiger partial charge in [-0.25, -0.2) is 4.99 Å². The van der Waals surface area contributed by atoms with Gasteiger partial charge in [0.05, 0.1) is 5.00 Å². The molecule has 0 bridgehead atoms. The fourth-order valence-corrected chi connectivity index (χ4v) is 3.40. The number of carbonyl (C=O) groups excluding carboxylic acids is 1. The highest BCUT2D eigenvalue weighted by Gasteiger charge is 2.21. The van der Waals surface area contributed by atoms with E-state index in [2.05, 4.69) is 42.9 Å². The summed E-state index contributed by atoms with van der Waals surface area (Å²) in [7, 11) is 0. The molecule has 24 heavy (non-hydrogen) atoms. The molecule has 2 heterocycles. The molecule has 0 unspecified atom stereocenters. The number of nitrogens with one attached hydrogen (secondary N) is 2. The Morgan fingerprint density at radius 2 is 2.00 bits per heavy atom. The molecule has 7 heteroatoms. The van der Waals surface area contributed by atoms with E-state index >= 15 is 0 Å². The number of carbonyl (C=O) groups is 1. The van der Waals surface area contributed by atoms with Crippen molar-refractivity contribution in [1.29, 1.82) is 0 Å². The van der Waals surface area contributed by atoms with Crippen LogP contribution < -0.4 is 15.5 Å². The van der Waals surface area contributed by atoms with Crippen LogP contribution in [-0.2, 0) is 4.79 Å². The summed E-state index contributed by atoms with van der Waals surface area (Å²) in [6.45, 7) is 12.7. The summed E-state index contributed by atoms with van der Waals surface area (Å²) >= 11 is 1.78. The van der Waals surface area contributed by atoms with Gasteiger partial charge in [0, 0.05) is 38.3 Å². The molecule has 0 aliphatic carbocycles. The Morgan fingerprint density at radius 1 is 1.29 bits per heavy atom. The number of hydrogen-bond donors (Lipinski definition) is 2. The van der Waals surface area contributed by atoms with Gasteiger partial charge in [0.1, 0.15) is 6.54 Å². The molecule has 2 rings (SSSR count). The van der Waals surface area contributed by atoms with E-state index in [1.54, 1.807) is 11.3 Å². The van der Waals surface area contributed by atoms with Crippen LogP contribution in [0.1, 0.15) is 27.7 Å². The Hall–Kier alpha value is -1.76. The molecule has 1 aliphatic rings. The van der Waals surface area contributed by atoms with E-state index in [0.717, 1.165) is 38.7 Å². The van der Waals surface area contributed by atoms with Crippen molar-refractivity contribution in [2.75, 3.05) is 44.2 Å². The molecule has 1 aliphatic heterocycles. The van der Waals surface area contributed by atoms with E-state index < -0.39 is 0 Å². The molecular weight excluding hydrogens is 322 g/mol. The van der Waals surface area contributed by atoms with Crippen molar-refractivity contribution < 1.29 is 4.79 Å². The van der Waals surface area contributed by atoms with Crippen LogP contribution >= 0.6 is 11.3 Å². The predicted molar refractivity (Wildman–Crippen MR) is 102 cm³/mol. The lowest BCUT2D eigenvalue weighted by Crippen LogP contribution is -2.52. The van der Waals surface area contributed by atoms with E-state index in [1.165, 1.54) is 5.00 Å². The smallest absolute Gasteiger partial charge is 0.242 e. The normalized spacial score (nSPS) is 16.2. The van der Waals surface area contributed by atoms with E-state index in [-0.39, 0.29) is 18.0 Å². The summed E-state index contributed by atoms with van der Waals surface area (Å²) in [6.07, 6.45) is 0. The van der Waals surface area contributed by atoms with E-state index in [4.69, 9.17) is 0 Å². The fraction of sp³-hybridized carbons (Fsp3) is 0.647. The van der Waals surface area contributed by atoms with Crippen LogP contribution in [0.25, 0.3) is 0 Å². The van der Waals surface area contributed by atoms with Gasteiger partial charge in [-0.1, -0.05) is 0 Å². The Kier molecular flexibility index (Phi) is 6.48. The fourth-order valence-electron chi connectivity index (χ4n) is 2.62. The van der Waals surface area contributed by atoms with Crippen LogP contribution in [0.5, 0.6) is 0 Å². The Balaban J connectivity index is 1.91. The first kappa shape index (κ1) is 18.6. The molecule has 2 N–H and O–H groups in total. The molecule has 6 nitrogen and oxygen atoms in total. The van der Waals surface area contributed by atoms with E-state index in [0.29, 0.717) is 0 Å². The third kappa shape index (κ3) is 5.70. The monoisotopic (exact) mass is 351 g/mol. The average Bonchev–Trinajstić information content (AvgIpc) is 3.04. The maximum absolute atomic E-state index is 12.0. The molecule has 0 saturated carbocycles. The van der Waals surface area contributed by atoms with Gasteiger partial charge in [-0.3, -0.25) is 4.79 Å². The minimum Gasteiger partial charge on any atom is -0.360 e. The zero-order valence-electron chi connectivity index (χ0n) is 15.1. The molecule has 0 atom stereocenters. The largest absolute Gasteiger partial charge is 0.360 e. The highest BCUT2D eigenvalue weighted by molar-refractivity contribution is 7.14. The average molecular weight is 352 g/mol. The van der Waals surface area contributed by atoms with Crippen molar-refractivity contribution in [2.45, 2.75) is 33.2 Å². The van der Waals surface area contributed by atoms with Crippen molar-refractivity contribution in [1.82, 2.24) is 15.5 Å². The van der Waals surface area contributed by atoms with Crippen molar-refractivity contribution >= 4 is 28.2 Å². The third-order valence-electron chi connectivity index (χ3n) is 3.62. The number of amides is 1. The van der Waals surface area contributed by atoms with Crippen molar-refractivity contribution in [3.63, 3.8) is 0 Å². The molecule has 1 fully saturated rings. The molecule has 0 radical (unpaired) electrons. The van der Waals surface area contributed by atoms with Crippen LogP contribution in [0.2, 0.25) is 0 Å². The molecule has 1 aromatic rings. The van der Waals surface area contributed by atoms with Crippen molar-refractivity contribution in [2.24, 2.45) is 4.99 Å². The van der Waals surface area contributed by atoms with Crippen LogP contribution in [0.4, 0.5) is 5.00 Å². The molecule has 1 amide bonds. The first-order valence-electron chi connectivity index (χ1n) is 8.52. The molecule has 0 spiro atoms. The van der Waals surface area contributed by atoms with Gasteiger partial charge in [0.2, 0.25) is 5.91 Å². The summed E-state index contributed by atoms with van der Waals surface area (Å²) in [5, 5.41) is 9.68. The van der Waals surface area contributed by atoms with Crippen molar-refractivity contribution in [3.05, 3.63) is 17.5 Å². The minimum atomic E-state index is -0.225. The van der Waals surface area contributed by atoms with Crippen LogP contribution in [-0.4, -0.2) is 61.6 Å². The van der Waals surface area contributed by atoms with Crippen LogP contribution in [0.15, 0.2) is 22.5 Å². The van der Waals surface area contributed by atoms with Gasteiger partial charge in [-0.15, -0.1) is 11.3 Å². The second-order valence-electron chi connectivity index (χ2n) is 6.89. The number of hydrogen-bond acceptors (Lipinski definition) is 4. The lowest BCUT2D eigenvalue weighted by Gasteiger charge is -2.37. The molecule has 1 aromatic heterocycles. The Labute approximate surface area is 148 Å². The van der Waals surface area contributed by atoms with Crippen molar-refractivity contribution in [3.8, 4) is 0 Å². The van der Waals surface area contributed by atoms with Gasteiger partial charge in [0.15, 0.2) is 5.96 Å². The van der Waals surface area contributed by atoms with Gasteiger partial charge in [-0.2, -0.15) is 0 Å². The standard InChI is InChI=1S/C17H29N5OS/c1-5-18-16(19-13-14(23)20-17(2,3)4)22-10-8-21(9-11-22)15-7-6-12-24-15/h6-7,12H,5,8-11,13H2,1-4H3,(H,18,19)(H,20,23). The molecule has 134 valence electrons. The summed E-state index contributed by atoms with van der Waals surface area (Å²) in [6, 6.07) is 4.25. The second kappa shape index (κ2) is 8.37. The number of anilines is 1. The van der Waals surface area contributed by atoms with Gasteiger partial charge >= 0.3 is 0 Å². The number of piperazine rings is 1. The predicted octanol–water partition coefficient (Wildman–Crippen LogP) is 1.75. The van der Waals surface area contributed by atoms with Gasteiger partial charge in [-0.05, 0) is 45.2 Å². The summed E-state index contributed by atoms with van der Waals surface area (Å²) in [5.41, 5.74) is -0.225. The zero-order valence-corrected chi connectivity index (χ0v) is 15.9. The Bertz CT molecular complexity index is 542. The molecule has 0 aromatic carbocycles. The maximum Gasteiger partial charge on any atom is 0.242 e. The quantitative estimate of drug-likeness (QED) is 0.641. The number of nitrogens with zero attached hydrogens (tertiary/aromatic N) is 3. The van der Waals surface area contributed by atoms with Gasteiger partial charge in [0.25, 0.3) is 0 Å². The first-order chi connectivity index (χ1) is 11.4. The molecule has 1 saturated heterocycles. The number of guanidine groups is 1. The zero-order chi connectivity index (χ0) is 17.6. The number of thiophene rings is 1. The lowest BCUT2D eigenvalue weighted by atomic mass is 10.1. The van der Waals surface area contributed by atoms with Crippen LogP contribution in [0.3, 0.4) is 0 Å². The third-order valence-corrected chi connectivity index (χ3v) is 4.55.